The number of ether oxygens (including phenoxy) is 1. The second-order valence-corrected chi connectivity index (χ2v) is 4.37. The molecule has 0 atom stereocenters. The zero-order chi connectivity index (χ0) is 12.4. The molecule has 0 unspecified atom stereocenters. The second-order valence-electron chi connectivity index (χ2n) is 3.29. The number of aryl methyl sites for hydroxylation is 1. The Morgan fingerprint density at radius 2 is 2.00 bits per heavy atom. The molecule has 0 amide bonds. The molecule has 88 valence electrons. The monoisotopic (exact) mass is 343 g/mol. The van der Waals surface area contributed by atoms with Gasteiger partial charge in [0.15, 0.2) is 5.82 Å². The second kappa shape index (κ2) is 4.78. The van der Waals surface area contributed by atoms with Crippen molar-refractivity contribution in [3.8, 4) is 17.4 Å². The van der Waals surface area contributed by atoms with Gasteiger partial charge in [-0.25, -0.2) is 9.97 Å². The van der Waals surface area contributed by atoms with Crippen LogP contribution >= 0.6 is 22.6 Å². The maximum atomic E-state index is 5.78. The molecule has 2 aromatic rings. The normalized spacial score (nSPS) is 10.3. The maximum absolute atomic E-state index is 5.78. The summed E-state index contributed by atoms with van der Waals surface area (Å²) >= 11 is 2.11. The Labute approximate surface area is 112 Å². The molecule has 2 N–H and O–H groups in total. The highest BCUT2D eigenvalue weighted by atomic mass is 127. The lowest BCUT2D eigenvalue weighted by atomic mass is 10.3. The Hall–Kier alpha value is -1.51. The van der Waals surface area contributed by atoms with Crippen LogP contribution in [0.5, 0.6) is 5.88 Å². The van der Waals surface area contributed by atoms with Gasteiger partial charge in [0.05, 0.1) is 16.4 Å². The minimum absolute atomic E-state index is 0.448. The molecule has 0 spiro atoms. The Morgan fingerprint density at radius 1 is 1.24 bits per heavy atom. The number of aromatic nitrogens is 4. The van der Waals surface area contributed by atoms with Crippen molar-refractivity contribution in [2.75, 3.05) is 12.8 Å². The average Bonchev–Trinajstić information content (AvgIpc) is 2.35. The van der Waals surface area contributed by atoms with E-state index in [1.807, 2.05) is 6.92 Å². The number of hydrogen-bond acceptors (Lipinski definition) is 6. The van der Waals surface area contributed by atoms with Crippen LogP contribution in [-0.2, 0) is 0 Å². The molecule has 0 fully saturated rings. The van der Waals surface area contributed by atoms with Gasteiger partial charge in [0.25, 0.3) is 0 Å². The summed E-state index contributed by atoms with van der Waals surface area (Å²) in [6.45, 7) is 1.88. The van der Waals surface area contributed by atoms with Gasteiger partial charge in [-0.1, -0.05) is 0 Å². The van der Waals surface area contributed by atoms with Crippen LogP contribution in [0.3, 0.4) is 0 Å². The predicted molar refractivity (Wildman–Crippen MR) is 71.5 cm³/mol. The third kappa shape index (κ3) is 2.43. The van der Waals surface area contributed by atoms with Gasteiger partial charge in [0, 0.05) is 6.07 Å². The summed E-state index contributed by atoms with van der Waals surface area (Å²) in [6, 6.07) is 3.45. The van der Waals surface area contributed by atoms with Crippen LogP contribution in [0.2, 0.25) is 0 Å². The van der Waals surface area contributed by atoms with E-state index >= 15 is 0 Å². The van der Waals surface area contributed by atoms with Crippen molar-refractivity contribution >= 4 is 28.4 Å². The third-order valence-electron chi connectivity index (χ3n) is 2.12. The van der Waals surface area contributed by atoms with Crippen LogP contribution in [0.25, 0.3) is 11.5 Å². The molecular weight excluding hydrogens is 333 g/mol. The molecule has 0 saturated carbocycles. The van der Waals surface area contributed by atoms with Crippen molar-refractivity contribution in [2.24, 2.45) is 0 Å². The van der Waals surface area contributed by atoms with Gasteiger partial charge in [-0.3, -0.25) is 0 Å². The molecule has 2 heterocycles. The van der Waals surface area contributed by atoms with Gasteiger partial charge in [0.1, 0.15) is 11.5 Å². The first-order valence-corrected chi connectivity index (χ1v) is 5.87. The number of nitrogens with zero attached hydrogens (tertiary/aromatic N) is 4. The number of halogens is 1. The van der Waals surface area contributed by atoms with Crippen LogP contribution in [0.4, 0.5) is 5.82 Å². The van der Waals surface area contributed by atoms with Crippen LogP contribution < -0.4 is 10.5 Å². The predicted octanol–water partition coefficient (Wildman–Crippen LogP) is 1.44. The Bertz CT molecular complexity index is 520. The molecule has 0 aliphatic rings. The summed E-state index contributed by atoms with van der Waals surface area (Å²) in [4.78, 5) is 8.49. The van der Waals surface area contributed by atoms with Gasteiger partial charge in [-0.05, 0) is 35.6 Å². The smallest absolute Gasteiger partial charge is 0.233 e. The van der Waals surface area contributed by atoms with Gasteiger partial charge in [0.2, 0.25) is 5.88 Å². The van der Waals surface area contributed by atoms with E-state index in [0.29, 0.717) is 23.2 Å². The highest BCUT2D eigenvalue weighted by Crippen LogP contribution is 2.20. The molecule has 6 nitrogen and oxygen atoms in total. The van der Waals surface area contributed by atoms with Crippen LogP contribution in [-0.4, -0.2) is 27.3 Å². The standard InChI is InChI=1S/C10H10IN5O/c1-5-8(11)9(12)14-10(13-5)6-3-4-7(17-2)16-15-6/h3-4H,1-2H3,(H2,12,13,14). The van der Waals surface area contributed by atoms with Crippen LogP contribution in [0.1, 0.15) is 5.69 Å². The number of nitrogen functional groups attached to an aromatic ring is 1. The van der Waals surface area contributed by atoms with Crippen molar-refractivity contribution in [3.63, 3.8) is 0 Å². The first kappa shape index (κ1) is 12.0. The zero-order valence-corrected chi connectivity index (χ0v) is 11.5. The fourth-order valence-electron chi connectivity index (χ4n) is 1.24. The molecule has 0 radical (unpaired) electrons. The van der Waals surface area contributed by atoms with Crippen molar-refractivity contribution in [1.29, 1.82) is 0 Å². The third-order valence-corrected chi connectivity index (χ3v) is 3.45. The quantitative estimate of drug-likeness (QED) is 0.831. The zero-order valence-electron chi connectivity index (χ0n) is 9.31. The lowest BCUT2D eigenvalue weighted by molar-refractivity contribution is 0.392. The largest absolute Gasteiger partial charge is 0.480 e. The van der Waals surface area contributed by atoms with E-state index in [-0.39, 0.29) is 0 Å². The van der Waals surface area contributed by atoms with E-state index in [0.717, 1.165) is 9.26 Å². The fourth-order valence-corrected chi connectivity index (χ4v) is 1.49. The number of methoxy groups -OCH3 is 1. The average molecular weight is 343 g/mol. The lowest BCUT2D eigenvalue weighted by Gasteiger charge is -2.05. The first-order valence-electron chi connectivity index (χ1n) is 4.79. The highest BCUT2D eigenvalue weighted by molar-refractivity contribution is 14.1. The number of anilines is 1. The Morgan fingerprint density at radius 3 is 2.53 bits per heavy atom. The molecule has 0 bridgehead atoms. The van der Waals surface area contributed by atoms with Gasteiger partial charge in [-0.15, -0.1) is 10.2 Å². The molecule has 2 aromatic heterocycles. The molecule has 2 rings (SSSR count). The lowest BCUT2D eigenvalue weighted by Crippen LogP contribution is -2.03. The molecular formula is C10H10IN5O. The summed E-state index contributed by atoms with van der Waals surface area (Å²) in [5.41, 5.74) is 7.17. The van der Waals surface area contributed by atoms with E-state index in [4.69, 9.17) is 10.5 Å². The SMILES string of the molecule is COc1ccc(-c2nc(C)c(I)c(N)n2)nn1. The number of nitrogens with two attached hydrogens (primary N) is 1. The summed E-state index contributed by atoms with van der Waals surface area (Å²) < 4.78 is 5.79. The summed E-state index contributed by atoms with van der Waals surface area (Å²) in [5.74, 6) is 1.37. The maximum Gasteiger partial charge on any atom is 0.233 e. The van der Waals surface area contributed by atoms with Crippen LogP contribution in [0, 0.1) is 10.5 Å². The summed E-state index contributed by atoms with van der Waals surface area (Å²) in [5, 5.41) is 7.83. The minimum Gasteiger partial charge on any atom is -0.480 e. The molecule has 0 aliphatic carbocycles. The van der Waals surface area contributed by atoms with E-state index in [2.05, 4.69) is 42.8 Å². The van der Waals surface area contributed by atoms with Crippen molar-refractivity contribution < 1.29 is 4.74 Å². The van der Waals surface area contributed by atoms with E-state index in [1.165, 1.54) is 7.11 Å². The summed E-state index contributed by atoms with van der Waals surface area (Å²) in [7, 11) is 1.53. The Kier molecular flexibility index (Phi) is 3.36. The van der Waals surface area contributed by atoms with Crippen molar-refractivity contribution in [1.82, 2.24) is 20.2 Å². The summed E-state index contributed by atoms with van der Waals surface area (Å²) in [6.07, 6.45) is 0. The minimum atomic E-state index is 0.448. The molecule has 0 saturated heterocycles. The molecule has 0 aliphatic heterocycles. The van der Waals surface area contributed by atoms with Gasteiger partial charge >= 0.3 is 0 Å². The van der Waals surface area contributed by atoms with E-state index in [1.54, 1.807) is 12.1 Å². The van der Waals surface area contributed by atoms with Crippen LogP contribution in [0.15, 0.2) is 12.1 Å². The number of hydrogen-bond donors (Lipinski definition) is 1. The van der Waals surface area contributed by atoms with E-state index < -0.39 is 0 Å². The van der Waals surface area contributed by atoms with Gasteiger partial charge in [-0.2, -0.15) is 0 Å². The van der Waals surface area contributed by atoms with Crippen molar-refractivity contribution in [3.05, 3.63) is 21.4 Å². The highest BCUT2D eigenvalue weighted by Gasteiger charge is 2.10. The number of rotatable bonds is 2. The fraction of sp³-hybridized carbons (Fsp3) is 0.200. The van der Waals surface area contributed by atoms with Crippen molar-refractivity contribution in [2.45, 2.75) is 6.92 Å². The molecule has 7 heteroatoms. The Balaban J connectivity index is 2.45. The molecule has 17 heavy (non-hydrogen) atoms. The topological polar surface area (TPSA) is 86.8 Å². The first-order chi connectivity index (χ1) is 8.11. The van der Waals surface area contributed by atoms with Gasteiger partial charge < -0.3 is 10.5 Å². The molecule has 0 aromatic carbocycles. The van der Waals surface area contributed by atoms with E-state index in [9.17, 15) is 0 Å².